The first kappa shape index (κ1) is 24.9. The average molecular weight is 564 g/mol. The molecule has 0 saturated carbocycles. The van der Waals surface area contributed by atoms with Crippen molar-refractivity contribution in [1.29, 1.82) is 0 Å². The van der Waals surface area contributed by atoms with Crippen molar-refractivity contribution < 1.29 is 27.2 Å². The molecule has 0 fully saturated rings. The Morgan fingerprint density at radius 3 is 2.58 bits per heavy atom. The van der Waals surface area contributed by atoms with E-state index in [1.54, 1.807) is 12.1 Å². The lowest BCUT2D eigenvalue weighted by atomic mass is 10.2. The Balaban J connectivity index is 1.52. The second kappa shape index (κ2) is 10.2. The van der Waals surface area contributed by atoms with Crippen LogP contribution >= 0.6 is 15.9 Å². The number of hydrogen-bond donors (Lipinski definition) is 3. The van der Waals surface area contributed by atoms with Crippen molar-refractivity contribution in [3.63, 3.8) is 0 Å². The van der Waals surface area contributed by atoms with Crippen molar-refractivity contribution in [2.24, 2.45) is 5.73 Å². The van der Waals surface area contributed by atoms with Gasteiger partial charge in [0.25, 0.3) is 11.8 Å². The third-order valence-electron chi connectivity index (χ3n) is 4.76. The largest absolute Gasteiger partial charge is 0.444 e. The molecule has 0 bridgehead atoms. The number of hydrogen-bond acceptors (Lipinski definition) is 7. The third-order valence-corrected chi connectivity index (χ3v) is 5.41. The lowest BCUT2D eigenvalue weighted by Gasteiger charge is -2.08. The number of nitrogens with one attached hydrogen (secondary N) is 2. The molecule has 1 aromatic carbocycles. The van der Waals surface area contributed by atoms with Gasteiger partial charge in [-0.15, -0.1) is 0 Å². The molecular formula is C22H17BrF3N7O3. The number of alkyl halides is 4. The monoisotopic (exact) mass is 563 g/mol. The van der Waals surface area contributed by atoms with Gasteiger partial charge in [-0.05, 0) is 29.8 Å². The highest BCUT2D eigenvalue weighted by Gasteiger charge is 2.27. The maximum atomic E-state index is 12.8. The molecule has 3 aromatic heterocycles. The minimum Gasteiger partial charge on any atom is -0.444 e. The number of halogens is 4. The maximum Gasteiger partial charge on any atom is 0.405 e. The second-order valence-electron chi connectivity index (χ2n) is 7.39. The average Bonchev–Trinajstić information content (AvgIpc) is 3.51. The number of aromatic nitrogens is 4. The van der Waals surface area contributed by atoms with Crippen LogP contribution < -0.4 is 16.4 Å². The fourth-order valence-electron chi connectivity index (χ4n) is 3.07. The molecule has 4 rings (SSSR count). The minimum absolute atomic E-state index is 0.0182. The van der Waals surface area contributed by atoms with E-state index in [2.05, 4.69) is 41.6 Å². The Morgan fingerprint density at radius 2 is 1.92 bits per heavy atom. The topological polar surface area (TPSA) is 141 Å². The van der Waals surface area contributed by atoms with Crippen LogP contribution in [-0.2, 0) is 5.33 Å². The van der Waals surface area contributed by atoms with Crippen LogP contribution in [0.15, 0.2) is 59.5 Å². The van der Waals surface area contributed by atoms with E-state index < -0.39 is 24.5 Å². The van der Waals surface area contributed by atoms with Crippen LogP contribution in [0.5, 0.6) is 0 Å². The normalized spacial score (nSPS) is 11.3. The molecule has 0 radical (unpaired) electrons. The van der Waals surface area contributed by atoms with Crippen LogP contribution in [0, 0.1) is 0 Å². The smallest absolute Gasteiger partial charge is 0.405 e. The minimum atomic E-state index is -4.42. The van der Waals surface area contributed by atoms with E-state index in [0.717, 1.165) is 11.8 Å². The summed E-state index contributed by atoms with van der Waals surface area (Å²) in [5, 5.41) is 9.52. The highest BCUT2D eigenvalue weighted by atomic mass is 79.9. The summed E-state index contributed by atoms with van der Waals surface area (Å²) in [6, 6.07) is 10.1. The molecule has 0 aliphatic heterocycles. The van der Waals surface area contributed by atoms with Crippen molar-refractivity contribution in [3.8, 4) is 17.1 Å². The molecule has 0 saturated heterocycles. The summed E-state index contributed by atoms with van der Waals surface area (Å²) in [4.78, 5) is 32.6. The van der Waals surface area contributed by atoms with Crippen LogP contribution in [0.4, 0.5) is 24.7 Å². The standard InChI is InChI=1S/C22H17BrF3N7O3/c23-8-12-1-3-14(4-2-12)33-9-15(18(32-33)19(27)34)30-20(35)16-10-36-21(31-16)13-5-6-28-17(7-13)29-11-22(24,25)26/h1-7,9-10H,8,11H2,(H2,27,34)(H,28,29)(H,30,35). The molecule has 0 unspecified atom stereocenters. The molecule has 4 aromatic rings. The number of carbonyl (C=O) groups is 2. The Morgan fingerprint density at radius 1 is 1.17 bits per heavy atom. The lowest BCUT2D eigenvalue weighted by molar-refractivity contribution is -0.115. The zero-order valence-corrected chi connectivity index (χ0v) is 19.8. The van der Waals surface area contributed by atoms with Crippen LogP contribution in [-0.4, -0.2) is 44.3 Å². The van der Waals surface area contributed by atoms with Crippen LogP contribution in [0.25, 0.3) is 17.1 Å². The van der Waals surface area contributed by atoms with E-state index in [1.807, 2.05) is 12.1 Å². The van der Waals surface area contributed by atoms with E-state index in [4.69, 9.17) is 10.2 Å². The predicted octanol–water partition coefficient (Wildman–Crippen LogP) is 4.14. The highest BCUT2D eigenvalue weighted by molar-refractivity contribution is 9.08. The number of carbonyl (C=O) groups excluding carboxylic acids is 2. The van der Waals surface area contributed by atoms with Crippen molar-refractivity contribution in [2.75, 3.05) is 17.2 Å². The van der Waals surface area contributed by atoms with Gasteiger partial charge in [-0.25, -0.2) is 14.6 Å². The zero-order valence-electron chi connectivity index (χ0n) is 18.2. The summed E-state index contributed by atoms with van der Waals surface area (Å²) in [5.41, 5.74) is 7.15. The van der Waals surface area contributed by atoms with E-state index in [9.17, 15) is 22.8 Å². The van der Waals surface area contributed by atoms with E-state index >= 15 is 0 Å². The summed E-state index contributed by atoms with van der Waals surface area (Å²) in [6.45, 7) is -1.26. The van der Waals surface area contributed by atoms with Gasteiger partial charge >= 0.3 is 6.18 Å². The first-order valence-corrected chi connectivity index (χ1v) is 11.3. The molecule has 14 heteroatoms. The van der Waals surface area contributed by atoms with Gasteiger partial charge in [-0.2, -0.15) is 18.3 Å². The number of benzene rings is 1. The molecule has 0 aliphatic rings. The molecule has 10 nitrogen and oxygen atoms in total. The number of pyridine rings is 1. The maximum absolute atomic E-state index is 12.8. The Hall–Kier alpha value is -4.20. The first-order valence-electron chi connectivity index (χ1n) is 10.2. The van der Waals surface area contributed by atoms with Gasteiger partial charge in [0, 0.05) is 17.1 Å². The van der Waals surface area contributed by atoms with E-state index in [-0.39, 0.29) is 28.8 Å². The predicted molar refractivity (Wildman–Crippen MR) is 127 cm³/mol. The summed E-state index contributed by atoms with van der Waals surface area (Å²) in [7, 11) is 0. The molecule has 4 N–H and O–H groups in total. The SMILES string of the molecule is NC(=O)c1nn(-c2ccc(CBr)cc2)cc1NC(=O)c1coc(-c2ccnc(NCC(F)(F)F)c2)n1. The molecular weight excluding hydrogens is 547 g/mol. The van der Waals surface area contributed by atoms with Gasteiger partial charge in [-0.3, -0.25) is 9.59 Å². The number of primary amides is 1. The van der Waals surface area contributed by atoms with Gasteiger partial charge < -0.3 is 20.8 Å². The zero-order chi connectivity index (χ0) is 25.9. The van der Waals surface area contributed by atoms with Gasteiger partial charge in [-0.1, -0.05) is 28.1 Å². The fraction of sp³-hybridized carbons (Fsp3) is 0.136. The summed E-state index contributed by atoms with van der Waals surface area (Å²) in [5.74, 6) is -1.63. The van der Waals surface area contributed by atoms with Gasteiger partial charge in [0.05, 0.1) is 17.6 Å². The summed E-state index contributed by atoms with van der Waals surface area (Å²) < 4.78 is 44.0. The van der Waals surface area contributed by atoms with Crippen LogP contribution in [0.3, 0.4) is 0 Å². The molecule has 36 heavy (non-hydrogen) atoms. The van der Waals surface area contributed by atoms with Crippen molar-refractivity contribution in [3.05, 3.63) is 72.0 Å². The fourth-order valence-corrected chi connectivity index (χ4v) is 3.44. The Kier molecular flexibility index (Phi) is 7.05. The van der Waals surface area contributed by atoms with E-state index in [1.165, 1.54) is 29.2 Å². The Labute approximate surface area is 209 Å². The van der Waals surface area contributed by atoms with Crippen molar-refractivity contribution in [1.82, 2.24) is 19.7 Å². The van der Waals surface area contributed by atoms with Crippen LogP contribution in [0.2, 0.25) is 0 Å². The third kappa shape index (κ3) is 5.89. The molecule has 0 spiro atoms. The van der Waals surface area contributed by atoms with E-state index in [0.29, 0.717) is 16.6 Å². The number of amides is 2. The van der Waals surface area contributed by atoms with Gasteiger partial charge in [0.1, 0.15) is 18.6 Å². The number of rotatable bonds is 8. The molecule has 0 atom stereocenters. The quantitative estimate of drug-likeness (QED) is 0.273. The van der Waals surface area contributed by atoms with Crippen molar-refractivity contribution >= 4 is 39.2 Å². The molecule has 186 valence electrons. The highest BCUT2D eigenvalue weighted by Crippen LogP contribution is 2.23. The van der Waals surface area contributed by atoms with Gasteiger partial charge in [0.15, 0.2) is 11.4 Å². The summed E-state index contributed by atoms with van der Waals surface area (Å²) in [6.07, 6.45) is -0.638. The number of nitrogens with zero attached hydrogens (tertiary/aromatic N) is 4. The number of anilines is 2. The molecule has 3 heterocycles. The first-order chi connectivity index (χ1) is 17.1. The second-order valence-corrected chi connectivity index (χ2v) is 7.95. The summed E-state index contributed by atoms with van der Waals surface area (Å²) >= 11 is 3.36. The Bertz CT molecular complexity index is 1400. The lowest BCUT2D eigenvalue weighted by Crippen LogP contribution is -2.21. The van der Waals surface area contributed by atoms with Gasteiger partial charge in [0.2, 0.25) is 5.89 Å². The molecule has 0 aliphatic carbocycles. The van der Waals surface area contributed by atoms with Crippen LogP contribution in [0.1, 0.15) is 26.5 Å². The molecule has 2 amide bonds. The van der Waals surface area contributed by atoms with Crippen molar-refractivity contribution in [2.45, 2.75) is 11.5 Å². The number of oxazole rings is 1. The number of nitrogens with two attached hydrogens (primary N) is 1.